The molecular formula is C15H19BrO2. The molecule has 18 heavy (non-hydrogen) atoms. The lowest BCUT2D eigenvalue weighted by molar-refractivity contribution is 0.0192. The van der Waals surface area contributed by atoms with Crippen molar-refractivity contribution in [2.24, 2.45) is 0 Å². The van der Waals surface area contributed by atoms with Crippen LogP contribution >= 0.6 is 15.9 Å². The molecule has 1 N–H and O–H groups in total. The van der Waals surface area contributed by atoms with E-state index in [1.165, 1.54) is 0 Å². The summed E-state index contributed by atoms with van der Waals surface area (Å²) < 4.78 is 6.51. The average molecular weight is 311 g/mol. The lowest BCUT2D eigenvalue weighted by Crippen LogP contribution is -2.22. The number of halogens is 1. The van der Waals surface area contributed by atoms with Crippen LogP contribution in [-0.4, -0.2) is 17.3 Å². The van der Waals surface area contributed by atoms with Crippen molar-refractivity contribution in [1.29, 1.82) is 0 Å². The van der Waals surface area contributed by atoms with Crippen molar-refractivity contribution in [2.75, 3.05) is 6.61 Å². The molecule has 1 aromatic rings. The highest BCUT2D eigenvalue weighted by atomic mass is 79.9. The van der Waals surface area contributed by atoms with E-state index in [0.29, 0.717) is 13.0 Å². The molecule has 0 aliphatic rings. The molecular weight excluding hydrogens is 292 g/mol. The lowest BCUT2D eigenvalue weighted by atomic mass is 10.1. The summed E-state index contributed by atoms with van der Waals surface area (Å²) in [5.41, 5.74) is 0.390. The van der Waals surface area contributed by atoms with Crippen molar-refractivity contribution in [3.05, 3.63) is 34.3 Å². The number of benzene rings is 1. The van der Waals surface area contributed by atoms with Crippen LogP contribution in [0.25, 0.3) is 0 Å². The smallest absolute Gasteiger partial charge is 0.122 e. The van der Waals surface area contributed by atoms with E-state index in [1.807, 2.05) is 38.1 Å². The van der Waals surface area contributed by atoms with Gasteiger partial charge in [0.05, 0.1) is 6.10 Å². The van der Waals surface area contributed by atoms with Gasteiger partial charge in [0.25, 0.3) is 0 Å². The highest BCUT2D eigenvalue weighted by Crippen LogP contribution is 2.22. The third kappa shape index (κ3) is 5.22. The van der Waals surface area contributed by atoms with E-state index in [9.17, 15) is 5.11 Å². The fourth-order valence-corrected chi connectivity index (χ4v) is 1.94. The largest absolute Gasteiger partial charge is 0.388 e. The van der Waals surface area contributed by atoms with Gasteiger partial charge in [-0.1, -0.05) is 34.0 Å². The minimum Gasteiger partial charge on any atom is -0.388 e. The van der Waals surface area contributed by atoms with Gasteiger partial charge in [0, 0.05) is 11.1 Å². The number of terminal acetylenes is 1. The molecule has 3 heteroatoms. The summed E-state index contributed by atoms with van der Waals surface area (Å²) in [6.45, 7) is 4.28. The third-order valence-corrected chi connectivity index (χ3v) is 3.16. The van der Waals surface area contributed by atoms with Crippen molar-refractivity contribution in [2.45, 2.75) is 38.4 Å². The number of hydrogen-bond acceptors (Lipinski definition) is 2. The normalized spacial score (nSPS) is 13.1. The number of hydrogen-bond donors (Lipinski definition) is 1. The fraction of sp³-hybridized carbons (Fsp3) is 0.467. The van der Waals surface area contributed by atoms with E-state index in [1.54, 1.807) is 0 Å². The van der Waals surface area contributed by atoms with Crippen molar-refractivity contribution in [3.63, 3.8) is 0 Å². The maximum atomic E-state index is 10.0. The summed E-state index contributed by atoms with van der Waals surface area (Å²) in [7, 11) is 0. The molecule has 0 aromatic heterocycles. The Bertz CT molecular complexity index is 421. The molecule has 0 aliphatic carbocycles. The van der Waals surface area contributed by atoms with Crippen molar-refractivity contribution < 1.29 is 9.84 Å². The Hall–Kier alpha value is -0.820. The Morgan fingerprint density at radius 2 is 2.22 bits per heavy atom. The molecule has 0 fully saturated rings. The van der Waals surface area contributed by atoms with E-state index in [-0.39, 0.29) is 0 Å². The molecule has 0 aliphatic heterocycles. The van der Waals surface area contributed by atoms with Crippen LogP contribution in [-0.2, 0) is 4.74 Å². The molecule has 0 heterocycles. The summed E-state index contributed by atoms with van der Waals surface area (Å²) in [5.74, 6) is 2.58. The second-order valence-electron chi connectivity index (χ2n) is 4.72. The number of ether oxygens (including phenoxy) is 1. The van der Waals surface area contributed by atoms with E-state index < -0.39 is 11.7 Å². The van der Waals surface area contributed by atoms with Crippen LogP contribution in [0, 0.1) is 12.3 Å². The van der Waals surface area contributed by atoms with Crippen LogP contribution in [0.15, 0.2) is 28.7 Å². The van der Waals surface area contributed by atoms with Gasteiger partial charge in [-0.25, -0.2) is 0 Å². The molecule has 1 unspecified atom stereocenters. The van der Waals surface area contributed by atoms with Crippen molar-refractivity contribution >= 4 is 15.9 Å². The fourth-order valence-electron chi connectivity index (χ4n) is 1.53. The molecule has 2 nitrogen and oxygen atoms in total. The van der Waals surface area contributed by atoms with Crippen LogP contribution in [0.4, 0.5) is 0 Å². The molecule has 0 bridgehead atoms. The molecule has 0 saturated heterocycles. The summed E-state index contributed by atoms with van der Waals surface area (Å²) in [6.07, 6.45) is 6.31. The topological polar surface area (TPSA) is 29.5 Å². The van der Waals surface area contributed by atoms with Gasteiger partial charge in [-0.3, -0.25) is 0 Å². The van der Waals surface area contributed by atoms with Crippen LogP contribution in [0.2, 0.25) is 0 Å². The zero-order chi connectivity index (χ0) is 13.6. The number of aliphatic hydroxyl groups excluding tert-OH is 1. The maximum Gasteiger partial charge on any atom is 0.122 e. The third-order valence-electron chi connectivity index (χ3n) is 2.67. The molecule has 1 atom stereocenters. The van der Waals surface area contributed by atoms with Gasteiger partial charge in [-0.15, -0.1) is 6.42 Å². The Morgan fingerprint density at radius 1 is 1.50 bits per heavy atom. The Balaban J connectivity index is 2.34. The molecule has 1 rings (SSSR count). The zero-order valence-electron chi connectivity index (χ0n) is 10.8. The minimum atomic E-state index is -0.527. The van der Waals surface area contributed by atoms with Gasteiger partial charge >= 0.3 is 0 Å². The SMILES string of the molecule is C#CC(C)(C)OCCCC(O)c1cccc(Br)c1. The Morgan fingerprint density at radius 3 is 2.83 bits per heavy atom. The van der Waals surface area contributed by atoms with E-state index in [0.717, 1.165) is 16.5 Å². The first kappa shape index (κ1) is 15.2. The predicted octanol–water partition coefficient (Wildman–Crippen LogP) is 3.69. The predicted molar refractivity (Wildman–Crippen MR) is 77.2 cm³/mol. The monoisotopic (exact) mass is 310 g/mol. The number of aliphatic hydroxyl groups is 1. The van der Waals surface area contributed by atoms with Gasteiger partial charge in [0.15, 0.2) is 0 Å². The van der Waals surface area contributed by atoms with E-state index >= 15 is 0 Å². The Kier molecular flexibility index (Phi) is 5.87. The second-order valence-corrected chi connectivity index (χ2v) is 5.63. The highest BCUT2D eigenvalue weighted by Gasteiger charge is 2.14. The summed E-state index contributed by atoms with van der Waals surface area (Å²) in [5, 5.41) is 10.0. The van der Waals surface area contributed by atoms with Gasteiger partial charge in [0.2, 0.25) is 0 Å². The molecule has 0 radical (unpaired) electrons. The van der Waals surface area contributed by atoms with Crippen LogP contribution in [0.5, 0.6) is 0 Å². The van der Waals surface area contributed by atoms with Crippen LogP contribution < -0.4 is 0 Å². The first-order valence-corrected chi connectivity index (χ1v) is 6.79. The molecule has 0 amide bonds. The molecule has 98 valence electrons. The van der Waals surface area contributed by atoms with Crippen molar-refractivity contribution in [1.82, 2.24) is 0 Å². The van der Waals surface area contributed by atoms with Gasteiger partial charge < -0.3 is 9.84 Å². The Labute approximate surface area is 117 Å². The quantitative estimate of drug-likeness (QED) is 0.641. The zero-order valence-corrected chi connectivity index (χ0v) is 12.4. The van der Waals surface area contributed by atoms with Gasteiger partial charge in [-0.05, 0) is 44.4 Å². The average Bonchev–Trinajstić information content (AvgIpc) is 2.34. The van der Waals surface area contributed by atoms with Crippen molar-refractivity contribution in [3.8, 4) is 12.3 Å². The first-order valence-electron chi connectivity index (χ1n) is 6.00. The van der Waals surface area contributed by atoms with Gasteiger partial charge in [-0.2, -0.15) is 0 Å². The second kappa shape index (κ2) is 6.94. The lowest BCUT2D eigenvalue weighted by Gasteiger charge is -2.19. The van der Waals surface area contributed by atoms with E-state index in [4.69, 9.17) is 11.2 Å². The number of rotatable bonds is 6. The maximum absolute atomic E-state index is 10.0. The standard InChI is InChI=1S/C15H19BrO2/c1-4-15(2,3)18-10-6-9-14(17)12-7-5-8-13(16)11-12/h1,5,7-8,11,14,17H,6,9-10H2,2-3H3. The van der Waals surface area contributed by atoms with Gasteiger partial charge in [0.1, 0.15) is 5.60 Å². The molecule has 1 aromatic carbocycles. The molecule has 0 spiro atoms. The summed E-state index contributed by atoms with van der Waals surface area (Å²) in [4.78, 5) is 0. The summed E-state index contributed by atoms with van der Waals surface area (Å²) >= 11 is 3.39. The highest BCUT2D eigenvalue weighted by molar-refractivity contribution is 9.10. The minimum absolute atomic E-state index is 0.458. The van der Waals surface area contributed by atoms with Crippen LogP contribution in [0.1, 0.15) is 38.4 Å². The molecule has 0 saturated carbocycles. The van der Waals surface area contributed by atoms with Crippen LogP contribution in [0.3, 0.4) is 0 Å². The van der Waals surface area contributed by atoms with E-state index in [2.05, 4.69) is 21.9 Å². The first-order chi connectivity index (χ1) is 8.44. The summed E-state index contributed by atoms with van der Waals surface area (Å²) in [6, 6.07) is 7.70.